The van der Waals surface area contributed by atoms with Crippen molar-refractivity contribution in [3.05, 3.63) is 54.2 Å². The Morgan fingerprint density at radius 3 is 2.59 bits per heavy atom. The standard InChI is InChI=1S/C16H15N3O3/c1-16(11-6-4-3-5-7-11)14(20)19(15(21)18-16)12-8-9-17-13(10-12)22-2/h3-10H,1-2H3,(H,18,21). The van der Waals surface area contributed by atoms with E-state index in [0.717, 1.165) is 10.5 Å². The van der Waals surface area contributed by atoms with Crippen LogP contribution in [0.15, 0.2) is 48.7 Å². The number of carbonyl (C=O) groups excluding carboxylic acids is 2. The van der Waals surface area contributed by atoms with Gasteiger partial charge in [-0.2, -0.15) is 0 Å². The van der Waals surface area contributed by atoms with Crippen LogP contribution < -0.4 is 15.0 Å². The Balaban J connectivity index is 2.01. The number of anilines is 1. The van der Waals surface area contributed by atoms with Crippen molar-refractivity contribution in [1.29, 1.82) is 0 Å². The molecule has 0 saturated carbocycles. The number of nitrogens with zero attached hydrogens (tertiary/aromatic N) is 2. The van der Waals surface area contributed by atoms with Gasteiger partial charge in [0.1, 0.15) is 5.54 Å². The maximum atomic E-state index is 12.8. The predicted molar refractivity (Wildman–Crippen MR) is 80.6 cm³/mol. The molecule has 1 aromatic heterocycles. The van der Waals surface area contributed by atoms with Crippen LogP contribution >= 0.6 is 0 Å². The molecule has 2 heterocycles. The van der Waals surface area contributed by atoms with Crippen molar-refractivity contribution in [2.75, 3.05) is 12.0 Å². The van der Waals surface area contributed by atoms with E-state index in [1.807, 2.05) is 30.3 Å². The molecule has 0 bridgehead atoms. The van der Waals surface area contributed by atoms with Gasteiger partial charge in [-0.3, -0.25) is 4.79 Å². The van der Waals surface area contributed by atoms with Crippen LogP contribution in [0.4, 0.5) is 10.5 Å². The molecule has 0 aliphatic carbocycles. The van der Waals surface area contributed by atoms with Crippen LogP contribution in [0.2, 0.25) is 0 Å². The summed E-state index contributed by atoms with van der Waals surface area (Å²) >= 11 is 0. The number of nitrogens with one attached hydrogen (secondary N) is 1. The first-order valence-electron chi connectivity index (χ1n) is 6.78. The lowest BCUT2D eigenvalue weighted by Gasteiger charge is -2.22. The lowest BCUT2D eigenvalue weighted by molar-refractivity contribution is -0.121. The van der Waals surface area contributed by atoms with Crippen molar-refractivity contribution in [2.24, 2.45) is 0 Å². The molecule has 1 fully saturated rings. The Labute approximate surface area is 127 Å². The smallest absolute Gasteiger partial charge is 0.329 e. The Morgan fingerprint density at radius 1 is 1.18 bits per heavy atom. The number of hydrogen-bond acceptors (Lipinski definition) is 4. The first kappa shape index (κ1) is 14.1. The number of amides is 3. The minimum absolute atomic E-state index is 0.336. The van der Waals surface area contributed by atoms with Gasteiger partial charge in [-0.05, 0) is 18.6 Å². The fourth-order valence-corrected chi connectivity index (χ4v) is 2.49. The summed E-state index contributed by atoms with van der Waals surface area (Å²) in [5, 5.41) is 2.76. The van der Waals surface area contributed by atoms with Gasteiger partial charge in [0.2, 0.25) is 5.88 Å². The maximum Gasteiger partial charge on any atom is 0.329 e. The van der Waals surface area contributed by atoms with Gasteiger partial charge in [-0.15, -0.1) is 0 Å². The second-order valence-corrected chi connectivity index (χ2v) is 5.12. The number of rotatable bonds is 3. The van der Waals surface area contributed by atoms with E-state index < -0.39 is 11.6 Å². The molecule has 1 N–H and O–H groups in total. The molecule has 0 spiro atoms. The zero-order valence-corrected chi connectivity index (χ0v) is 12.2. The summed E-state index contributed by atoms with van der Waals surface area (Å²) in [4.78, 5) is 30.2. The normalized spacial score (nSPS) is 20.9. The summed E-state index contributed by atoms with van der Waals surface area (Å²) in [5.74, 6) is 0.00312. The lowest BCUT2D eigenvalue weighted by Crippen LogP contribution is -2.40. The van der Waals surface area contributed by atoms with E-state index in [-0.39, 0.29) is 5.91 Å². The molecule has 3 rings (SSSR count). The van der Waals surface area contributed by atoms with Crippen LogP contribution in [0.1, 0.15) is 12.5 Å². The highest BCUT2D eigenvalue weighted by atomic mass is 16.5. The molecule has 22 heavy (non-hydrogen) atoms. The fourth-order valence-electron chi connectivity index (χ4n) is 2.49. The van der Waals surface area contributed by atoms with Crippen molar-refractivity contribution in [2.45, 2.75) is 12.5 Å². The van der Waals surface area contributed by atoms with E-state index in [2.05, 4.69) is 10.3 Å². The maximum absolute atomic E-state index is 12.8. The molecule has 1 aromatic carbocycles. The molecule has 1 saturated heterocycles. The monoisotopic (exact) mass is 297 g/mol. The molecule has 0 radical (unpaired) electrons. The van der Waals surface area contributed by atoms with Gasteiger partial charge in [0.25, 0.3) is 5.91 Å². The third-order valence-electron chi connectivity index (χ3n) is 3.73. The quantitative estimate of drug-likeness (QED) is 0.880. The Bertz CT molecular complexity index is 732. The number of ether oxygens (including phenoxy) is 1. The van der Waals surface area contributed by atoms with E-state index in [0.29, 0.717) is 11.6 Å². The van der Waals surface area contributed by atoms with Crippen molar-refractivity contribution in [1.82, 2.24) is 10.3 Å². The number of imide groups is 1. The summed E-state index contributed by atoms with van der Waals surface area (Å²) in [6, 6.07) is 11.8. The third kappa shape index (κ3) is 2.09. The summed E-state index contributed by atoms with van der Waals surface area (Å²) < 4.78 is 5.04. The highest BCUT2D eigenvalue weighted by Crippen LogP contribution is 2.32. The van der Waals surface area contributed by atoms with E-state index in [4.69, 9.17) is 4.74 Å². The van der Waals surface area contributed by atoms with Crippen LogP contribution in [0, 0.1) is 0 Å². The second kappa shape index (κ2) is 5.14. The van der Waals surface area contributed by atoms with Crippen molar-refractivity contribution >= 4 is 17.6 Å². The Morgan fingerprint density at radius 2 is 1.91 bits per heavy atom. The van der Waals surface area contributed by atoms with E-state index in [1.54, 1.807) is 19.1 Å². The number of aromatic nitrogens is 1. The van der Waals surface area contributed by atoms with Crippen LogP contribution in [0.25, 0.3) is 0 Å². The van der Waals surface area contributed by atoms with Crippen LogP contribution in [0.3, 0.4) is 0 Å². The molecular formula is C16H15N3O3. The molecule has 2 aromatic rings. The molecule has 1 aliphatic rings. The van der Waals surface area contributed by atoms with Crippen LogP contribution in [-0.4, -0.2) is 24.0 Å². The number of pyridine rings is 1. The second-order valence-electron chi connectivity index (χ2n) is 5.12. The first-order valence-corrected chi connectivity index (χ1v) is 6.78. The van der Waals surface area contributed by atoms with Gasteiger partial charge in [0, 0.05) is 12.3 Å². The van der Waals surface area contributed by atoms with Crippen LogP contribution in [0.5, 0.6) is 5.88 Å². The highest BCUT2D eigenvalue weighted by Gasteiger charge is 2.49. The minimum atomic E-state index is -1.09. The van der Waals surface area contributed by atoms with Gasteiger partial charge in [0.15, 0.2) is 0 Å². The summed E-state index contributed by atoms with van der Waals surface area (Å²) in [6.07, 6.45) is 1.49. The number of benzene rings is 1. The largest absolute Gasteiger partial charge is 0.481 e. The topological polar surface area (TPSA) is 71.5 Å². The summed E-state index contributed by atoms with van der Waals surface area (Å²) in [6.45, 7) is 1.70. The molecule has 112 valence electrons. The van der Waals surface area contributed by atoms with Gasteiger partial charge in [-0.25, -0.2) is 14.7 Å². The number of urea groups is 1. The molecule has 6 heteroatoms. The molecule has 3 amide bonds. The Kier molecular flexibility index (Phi) is 3.29. The molecule has 6 nitrogen and oxygen atoms in total. The number of hydrogen-bond donors (Lipinski definition) is 1. The lowest BCUT2D eigenvalue weighted by atomic mass is 9.92. The van der Waals surface area contributed by atoms with Crippen molar-refractivity contribution in [3.63, 3.8) is 0 Å². The average molecular weight is 297 g/mol. The third-order valence-corrected chi connectivity index (χ3v) is 3.73. The summed E-state index contributed by atoms with van der Waals surface area (Å²) in [7, 11) is 1.48. The Hall–Kier alpha value is -2.89. The zero-order chi connectivity index (χ0) is 15.7. The summed E-state index contributed by atoms with van der Waals surface area (Å²) in [5.41, 5.74) is 0.0698. The van der Waals surface area contributed by atoms with E-state index in [9.17, 15) is 9.59 Å². The van der Waals surface area contributed by atoms with E-state index >= 15 is 0 Å². The average Bonchev–Trinajstić information content (AvgIpc) is 2.79. The molecular weight excluding hydrogens is 282 g/mol. The van der Waals surface area contributed by atoms with Gasteiger partial charge in [0.05, 0.1) is 12.8 Å². The van der Waals surface area contributed by atoms with Gasteiger partial charge >= 0.3 is 6.03 Å². The zero-order valence-electron chi connectivity index (χ0n) is 12.2. The number of methoxy groups -OCH3 is 1. The fraction of sp³-hybridized carbons (Fsp3) is 0.188. The first-order chi connectivity index (χ1) is 10.6. The highest BCUT2D eigenvalue weighted by molar-refractivity contribution is 6.23. The number of carbonyl (C=O) groups is 2. The van der Waals surface area contributed by atoms with Gasteiger partial charge in [-0.1, -0.05) is 30.3 Å². The van der Waals surface area contributed by atoms with Crippen molar-refractivity contribution < 1.29 is 14.3 Å². The molecule has 1 atom stereocenters. The van der Waals surface area contributed by atoms with Crippen molar-refractivity contribution in [3.8, 4) is 5.88 Å². The van der Waals surface area contributed by atoms with E-state index in [1.165, 1.54) is 13.3 Å². The SMILES string of the molecule is COc1cc(N2C(=O)NC(C)(c3ccccc3)C2=O)ccn1. The van der Waals surface area contributed by atoms with Crippen LogP contribution in [-0.2, 0) is 10.3 Å². The molecule has 1 aliphatic heterocycles. The predicted octanol–water partition coefficient (Wildman–Crippen LogP) is 2.06. The molecule has 1 unspecified atom stereocenters. The minimum Gasteiger partial charge on any atom is -0.481 e. The van der Waals surface area contributed by atoms with Gasteiger partial charge < -0.3 is 10.1 Å².